The number of nitrogens with zero attached hydrogens (tertiary/aromatic N) is 5. The van der Waals surface area contributed by atoms with E-state index >= 15 is 0 Å². The lowest BCUT2D eigenvalue weighted by atomic mass is 9.73. The van der Waals surface area contributed by atoms with E-state index < -0.39 is 17.5 Å². The van der Waals surface area contributed by atoms with Gasteiger partial charge >= 0.3 is 5.97 Å². The fraction of sp³-hybridized carbons (Fsp3) is 0.586. The maximum atomic E-state index is 13.5. The number of pyridine rings is 1. The van der Waals surface area contributed by atoms with E-state index in [-0.39, 0.29) is 24.5 Å². The minimum absolute atomic E-state index is 0.0545. The van der Waals surface area contributed by atoms with E-state index in [1.165, 1.54) is 5.56 Å². The van der Waals surface area contributed by atoms with Crippen molar-refractivity contribution in [2.75, 3.05) is 0 Å². The molecule has 1 saturated heterocycles. The molecule has 0 N–H and O–H groups in total. The first-order valence-electron chi connectivity index (χ1n) is 13.7. The Balaban J connectivity index is 1.36. The number of aryl methyl sites for hydroxylation is 5. The smallest absolute Gasteiger partial charge is 0.317 e. The van der Waals surface area contributed by atoms with Gasteiger partial charge in [-0.3, -0.25) is 14.6 Å². The molecule has 196 valence electrons. The van der Waals surface area contributed by atoms with Crippen molar-refractivity contribution in [1.29, 1.82) is 0 Å². The first kappa shape index (κ1) is 25.5. The Hall–Kier alpha value is -3.16. The zero-order chi connectivity index (χ0) is 26.2. The Morgan fingerprint density at radius 3 is 2.35 bits per heavy atom. The normalized spacial score (nSPS) is 22.6. The maximum Gasteiger partial charge on any atom is 0.317 e. The number of fused-ring (bicyclic) bond motifs is 1. The van der Waals surface area contributed by atoms with Gasteiger partial charge in [-0.1, -0.05) is 26.7 Å². The molecule has 3 aromatic rings. The van der Waals surface area contributed by atoms with Crippen molar-refractivity contribution in [2.24, 2.45) is 11.8 Å². The van der Waals surface area contributed by atoms with E-state index in [9.17, 15) is 9.59 Å². The van der Waals surface area contributed by atoms with Gasteiger partial charge in [-0.15, -0.1) is 5.10 Å². The highest BCUT2D eigenvalue weighted by Gasteiger charge is 2.51. The van der Waals surface area contributed by atoms with E-state index in [0.29, 0.717) is 18.0 Å². The van der Waals surface area contributed by atoms with E-state index in [1.807, 2.05) is 19.9 Å². The molecule has 2 aliphatic rings. The Labute approximate surface area is 218 Å². The third kappa shape index (κ3) is 5.15. The Morgan fingerprint density at radius 2 is 1.70 bits per heavy atom. The number of ketones is 1. The monoisotopic (exact) mass is 503 g/mol. The van der Waals surface area contributed by atoms with Gasteiger partial charge in [-0.05, 0) is 82.1 Å². The van der Waals surface area contributed by atoms with Gasteiger partial charge in [0.25, 0.3) is 5.78 Å². The minimum atomic E-state index is -0.868. The molecule has 1 aliphatic carbocycles. The first-order valence-corrected chi connectivity index (χ1v) is 13.7. The third-order valence-corrected chi connectivity index (χ3v) is 8.15. The third-order valence-electron chi connectivity index (χ3n) is 8.15. The lowest BCUT2D eigenvalue weighted by Gasteiger charge is -2.43. The summed E-state index contributed by atoms with van der Waals surface area (Å²) in [6.07, 6.45) is 7.84. The summed E-state index contributed by atoms with van der Waals surface area (Å²) in [5.74, 6) is -0.196. The summed E-state index contributed by atoms with van der Waals surface area (Å²) in [5.41, 5.74) is 4.41. The molecule has 2 atom stereocenters. The number of carbonyl (C=O) groups excluding carboxylic acids is 2. The average Bonchev–Trinajstić information content (AvgIpc) is 3.55. The molecule has 4 heterocycles. The van der Waals surface area contributed by atoms with E-state index in [4.69, 9.17) is 9.72 Å². The van der Waals surface area contributed by atoms with Gasteiger partial charge in [0.2, 0.25) is 0 Å². The topological polar surface area (TPSA) is 99.3 Å². The maximum absolute atomic E-state index is 13.5. The molecule has 5 rings (SSSR count). The second kappa shape index (κ2) is 10.3. The molecule has 0 bridgehead atoms. The molecule has 2 fully saturated rings. The van der Waals surface area contributed by atoms with E-state index in [2.05, 4.69) is 41.0 Å². The van der Waals surface area contributed by atoms with Crippen molar-refractivity contribution in [3.05, 3.63) is 52.4 Å². The molecule has 1 unspecified atom stereocenters. The van der Waals surface area contributed by atoms with Crippen LogP contribution >= 0.6 is 0 Å². The second-order valence-electron chi connectivity index (χ2n) is 10.8. The lowest BCUT2D eigenvalue weighted by Crippen LogP contribution is -2.52. The molecule has 8 nitrogen and oxygen atoms in total. The van der Waals surface area contributed by atoms with Gasteiger partial charge in [0.15, 0.2) is 11.6 Å². The minimum Gasteiger partial charge on any atom is -0.458 e. The van der Waals surface area contributed by atoms with Crippen molar-refractivity contribution in [3.8, 4) is 0 Å². The SMILES string of the molecule is CCc1cc(CC[C@@]2(C3CCCC3)CC(=O)C(Cc3nc4nc(C)cc(C)n4n3)C(=O)O2)cc(CC)n1. The van der Waals surface area contributed by atoms with Crippen LogP contribution < -0.4 is 0 Å². The molecule has 8 heteroatoms. The fourth-order valence-corrected chi connectivity index (χ4v) is 6.14. The average molecular weight is 504 g/mol. The van der Waals surface area contributed by atoms with Crippen LogP contribution in [0.15, 0.2) is 18.2 Å². The summed E-state index contributed by atoms with van der Waals surface area (Å²) in [6.45, 7) is 8.07. The van der Waals surface area contributed by atoms with Crippen LogP contribution in [0.2, 0.25) is 0 Å². The zero-order valence-corrected chi connectivity index (χ0v) is 22.4. The van der Waals surface area contributed by atoms with Crippen molar-refractivity contribution in [3.63, 3.8) is 0 Å². The summed E-state index contributed by atoms with van der Waals surface area (Å²) in [6, 6.07) is 6.24. The summed E-state index contributed by atoms with van der Waals surface area (Å²) in [5, 5.41) is 4.52. The van der Waals surface area contributed by atoms with Crippen LogP contribution in [0.5, 0.6) is 0 Å². The highest BCUT2D eigenvalue weighted by atomic mass is 16.6. The van der Waals surface area contributed by atoms with Crippen LogP contribution in [-0.4, -0.2) is 41.9 Å². The van der Waals surface area contributed by atoms with Crippen LogP contribution in [0.3, 0.4) is 0 Å². The molecule has 3 aromatic heterocycles. The predicted molar refractivity (Wildman–Crippen MR) is 139 cm³/mol. The van der Waals surface area contributed by atoms with Gasteiger partial charge in [0, 0.05) is 35.6 Å². The Bertz CT molecular complexity index is 1280. The molecule has 1 saturated carbocycles. The van der Waals surface area contributed by atoms with Crippen molar-refractivity contribution < 1.29 is 14.3 Å². The highest BCUT2D eigenvalue weighted by Crippen LogP contribution is 2.45. The number of ether oxygens (including phenoxy) is 1. The molecule has 0 amide bonds. The molecule has 0 spiro atoms. The van der Waals surface area contributed by atoms with Crippen LogP contribution in [0.4, 0.5) is 0 Å². The van der Waals surface area contributed by atoms with Gasteiger partial charge in [0.05, 0.1) is 0 Å². The summed E-state index contributed by atoms with van der Waals surface area (Å²) in [7, 11) is 0. The van der Waals surface area contributed by atoms with Crippen molar-refractivity contribution in [1.82, 2.24) is 24.6 Å². The van der Waals surface area contributed by atoms with Crippen LogP contribution in [0.1, 0.15) is 86.5 Å². The number of carbonyl (C=O) groups is 2. The molecule has 37 heavy (non-hydrogen) atoms. The number of aromatic nitrogens is 5. The number of cyclic esters (lactones) is 1. The number of hydrogen-bond acceptors (Lipinski definition) is 7. The molecule has 0 radical (unpaired) electrons. The standard InChI is InChI=1S/C29H37N5O3/c1-5-22-14-20(15-23(6-2)31-22)11-12-29(21-9-7-8-10-21)17-25(35)24(27(36)37-29)16-26-32-28-30-18(3)13-19(4)34(28)33-26/h13-15,21,24H,5-12,16-17H2,1-4H3/t24?,29-/m0/s1. The highest BCUT2D eigenvalue weighted by molar-refractivity contribution is 6.01. The zero-order valence-electron chi connectivity index (χ0n) is 22.4. The first-order chi connectivity index (χ1) is 17.8. The van der Waals surface area contributed by atoms with Crippen molar-refractivity contribution in [2.45, 2.75) is 97.5 Å². The van der Waals surface area contributed by atoms with Gasteiger partial charge < -0.3 is 4.74 Å². The quantitative estimate of drug-likeness (QED) is 0.330. The van der Waals surface area contributed by atoms with Gasteiger partial charge in [0.1, 0.15) is 11.5 Å². The Morgan fingerprint density at radius 1 is 1.00 bits per heavy atom. The molecule has 0 aromatic carbocycles. The lowest BCUT2D eigenvalue weighted by molar-refractivity contribution is -0.185. The summed E-state index contributed by atoms with van der Waals surface area (Å²) < 4.78 is 7.97. The van der Waals surface area contributed by atoms with Gasteiger partial charge in [-0.2, -0.15) is 4.98 Å². The number of esters is 1. The number of rotatable bonds is 8. The molecular weight excluding hydrogens is 466 g/mol. The Kier molecular flexibility index (Phi) is 7.10. The summed E-state index contributed by atoms with van der Waals surface area (Å²) in [4.78, 5) is 40.6. The fourth-order valence-electron chi connectivity index (χ4n) is 6.14. The molecular formula is C29H37N5O3. The summed E-state index contributed by atoms with van der Waals surface area (Å²) >= 11 is 0. The molecule has 1 aliphatic heterocycles. The van der Waals surface area contributed by atoms with Crippen LogP contribution in [0, 0.1) is 25.7 Å². The van der Waals surface area contributed by atoms with Crippen molar-refractivity contribution >= 4 is 17.5 Å². The number of hydrogen-bond donors (Lipinski definition) is 0. The predicted octanol–water partition coefficient (Wildman–Crippen LogP) is 4.50. The largest absolute Gasteiger partial charge is 0.458 e. The van der Waals surface area contributed by atoms with E-state index in [0.717, 1.165) is 67.7 Å². The van der Waals surface area contributed by atoms with E-state index in [1.54, 1.807) is 4.52 Å². The second-order valence-corrected chi connectivity index (χ2v) is 10.8. The van der Waals surface area contributed by atoms with Crippen LogP contribution in [-0.2, 0) is 40.0 Å². The van der Waals surface area contributed by atoms with Crippen LogP contribution in [0.25, 0.3) is 5.78 Å². The van der Waals surface area contributed by atoms with Gasteiger partial charge in [-0.25, -0.2) is 9.50 Å². The number of Topliss-reactive ketones (excluding diaryl/α,β-unsaturated/α-hetero) is 1.